The third-order valence-corrected chi connectivity index (χ3v) is 3.29. The van der Waals surface area contributed by atoms with Gasteiger partial charge in [-0.15, -0.1) is 0 Å². The molecule has 0 bridgehead atoms. The van der Waals surface area contributed by atoms with Crippen LogP contribution in [0.4, 0.5) is 0 Å². The van der Waals surface area contributed by atoms with Crippen LogP contribution in [0.3, 0.4) is 0 Å². The van der Waals surface area contributed by atoms with E-state index in [9.17, 15) is 0 Å². The molecule has 0 saturated heterocycles. The zero-order valence-electron chi connectivity index (χ0n) is 10.5. The van der Waals surface area contributed by atoms with Crippen molar-refractivity contribution in [3.63, 3.8) is 0 Å². The lowest BCUT2D eigenvalue weighted by Gasteiger charge is -2.20. The van der Waals surface area contributed by atoms with Crippen LogP contribution in [0.2, 0.25) is 5.02 Å². The average molecular weight is 241 g/mol. The summed E-state index contributed by atoms with van der Waals surface area (Å²) < 4.78 is 0. The van der Waals surface area contributed by atoms with Gasteiger partial charge in [-0.2, -0.15) is 0 Å². The van der Waals surface area contributed by atoms with Crippen LogP contribution in [0, 0.1) is 6.92 Å². The highest BCUT2D eigenvalue weighted by Gasteiger charge is 2.03. The van der Waals surface area contributed by atoms with Crippen molar-refractivity contribution in [2.75, 3.05) is 20.6 Å². The summed E-state index contributed by atoms with van der Waals surface area (Å²) in [5, 5.41) is 4.28. The first-order chi connectivity index (χ1) is 7.50. The van der Waals surface area contributed by atoms with Crippen molar-refractivity contribution in [1.29, 1.82) is 0 Å². The highest BCUT2D eigenvalue weighted by atomic mass is 35.5. The molecule has 0 aromatic heterocycles. The highest BCUT2D eigenvalue weighted by Crippen LogP contribution is 2.16. The minimum Gasteiger partial charge on any atom is -0.311 e. The first-order valence-corrected chi connectivity index (χ1v) is 6.00. The van der Waals surface area contributed by atoms with Gasteiger partial charge in [0.25, 0.3) is 0 Å². The molecule has 0 heterocycles. The van der Waals surface area contributed by atoms with Gasteiger partial charge >= 0.3 is 0 Å². The normalized spacial score (nSPS) is 13.1. The SMILES string of the molecule is Cc1ccc(CNCC(C)N(C)C)cc1Cl. The maximum Gasteiger partial charge on any atom is 0.0438 e. The van der Waals surface area contributed by atoms with Gasteiger partial charge in [-0.1, -0.05) is 23.7 Å². The average Bonchev–Trinajstić information content (AvgIpc) is 2.23. The van der Waals surface area contributed by atoms with E-state index < -0.39 is 0 Å². The predicted molar refractivity (Wildman–Crippen MR) is 71.0 cm³/mol. The summed E-state index contributed by atoms with van der Waals surface area (Å²) in [6.45, 7) is 6.08. The molecule has 0 aliphatic heterocycles. The molecule has 3 heteroatoms. The van der Waals surface area contributed by atoms with E-state index in [2.05, 4.69) is 43.4 Å². The summed E-state index contributed by atoms with van der Waals surface area (Å²) in [5.41, 5.74) is 2.37. The Kier molecular flexibility index (Phi) is 5.26. The maximum atomic E-state index is 6.07. The number of hydrogen-bond donors (Lipinski definition) is 1. The Morgan fingerprint density at radius 3 is 2.62 bits per heavy atom. The van der Waals surface area contributed by atoms with Crippen LogP contribution in [0.5, 0.6) is 0 Å². The fraction of sp³-hybridized carbons (Fsp3) is 0.538. The second-order valence-corrected chi connectivity index (χ2v) is 4.93. The Hall–Kier alpha value is -0.570. The zero-order chi connectivity index (χ0) is 12.1. The Morgan fingerprint density at radius 2 is 2.06 bits per heavy atom. The number of halogens is 1. The van der Waals surface area contributed by atoms with Gasteiger partial charge in [0.15, 0.2) is 0 Å². The number of rotatable bonds is 5. The van der Waals surface area contributed by atoms with Crippen molar-refractivity contribution in [2.24, 2.45) is 0 Å². The monoisotopic (exact) mass is 240 g/mol. The summed E-state index contributed by atoms with van der Waals surface area (Å²) in [5.74, 6) is 0. The molecule has 0 radical (unpaired) electrons. The molecule has 0 aliphatic rings. The molecule has 0 saturated carbocycles. The molecule has 2 nitrogen and oxygen atoms in total. The predicted octanol–water partition coefficient (Wildman–Crippen LogP) is 2.69. The van der Waals surface area contributed by atoms with Gasteiger partial charge < -0.3 is 10.2 Å². The van der Waals surface area contributed by atoms with E-state index in [1.807, 2.05) is 13.0 Å². The molecule has 1 aromatic rings. The van der Waals surface area contributed by atoms with Crippen LogP contribution in [-0.4, -0.2) is 31.6 Å². The van der Waals surface area contributed by atoms with E-state index in [-0.39, 0.29) is 0 Å². The lowest BCUT2D eigenvalue weighted by Crippen LogP contribution is -2.35. The molecule has 1 atom stereocenters. The second kappa shape index (κ2) is 6.24. The third-order valence-electron chi connectivity index (χ3n) is 2.89. The van der Waals surface area contributed by atoms with Gasteiger partial charge in [-0.05, 0) is 45.1 Å². The third kappa shape index (κ3) is 4.12. The fourth-order valence-corrected chi connectivity index (χ4v) is 1.56. The summed E-state index contributed by atoms with van der Waals surface area (Å²) in [7, 11) is 4.18. The molecule has 1 rings (SSSR count). The first-order valence-electron chi connectivity index (χ1n) is 5.63. The van der Waals surface area contributed by atoms with E-state index in [1.54, 1.807) is 0 Å². The quantitative estimate of drug-likeness (QED) is 0.852. The number of nitrogens with one attached hydrogen (secondary N) is 1. The highest BCUT2D eigenvalue weighted by molar-refractivity contribution is 6.31. The molecule has 1 aromatic carbocycles. The van der Waals surface area contributed by atoms with Crippen LogP contribution in [0.1, 0.15) is 18.1 Å². The Balaban J connectivity index is 2.40. The summed E-state index contributed by atoms with van der Waals surface area (Å²) in [6.07, 6.45) is 0. The van der Waals surface area contributed by atoms with Crippen LogP contribution >= 0.6 is 11.6 Å². The number of aryl methyl sites for hydroxylation is 1. The van der Waals surface area contributed by atoms with Crippen molar-refractivity contribution >= 4 is 11.6 Å². The summed E-state index contributed by atoms with van der Waals surface area (Å²) in [6, 6.07) is 6.76. The largest absolute Gasteiger partial charge is 0.311 e. The van der Waals surface area contributed by atoms with Gasteiger partial charge in [0, 0.05) is 24.2 Å². The van der Waals surface area contributed by atoms with Gasteiger partial charge in [-0.3, -0.25) is 0 Å². The molecule has 1 unspecified atom stereocenters. The van der Waals surface area contributed by atoms with E-state index in [1.165, 1.54) is 5.56 Å². The van der Waals surface area contributed by atoms with Gasteiger partial charge in [0.05, 0.1) is 0 Å². The first kappa shape index (κ1) is 13.5. The minimum absolute atomic E-state index is 0.543. The lowest BCUT2D eigenvalue weighted by atomic mass is 10.1. The Bertz CT molecular complexity index is 337. The van der Waals surface area contributed by atoms with Crippen molar-refractivity contribution in [3.05, 3.63) is 34.3 Å². The van der Waals surface area contributed by atoms with E-state index in [4.69, 9.17) is 11.6 Å². The molecule has 90 valence electrons. The molecule has 1 N–H and O–H groups in total. The molecular weight excluding hydrogens is 220 g/mol. The molecule has 0 aliphatic carbocycles. The zero-order valence-corrected chi connectivity index (χ0v) is 11.3. The molecule has 0 fully saturated rings. The lowest BCUT2D eigenvalue weighted by molar-refractivity contribution is 0.302. The number of nitrogens with zero attached hydrogens (tertiary/aromatic N) is 1. The molecule has 16 heavy (non-hydrogen) atoms. The molecule has 0 amide bonds. The number of benzene rings is 1. The van der Waals surface area contributed by atoms with Crippen LogP contribution in [0.15, 0.2) is 18.2 Å². The van der Waals surface area contributed by atoms with Crippen molar-refractivity contribution in [1.82, 2.24) is 10.2 Å². The van der Waals surface area contributed by atoms with Crippen molar-refractivity contribution in [2.45, 2.75) is 26.4 Å². The minimum atomic E-state index is 0.543. The van der Waals surface area contributed by atoms with Gasteiger partial charge in [0.2, 0.25) is 0 Å². The van der Waals surface area contributed by atoms with Gasteiger partial charge in [0.1, 0.15) is 0 Å². The number of likely N-dealkylation sites (N-methyl/N-ethyl adjacent to an activating group) is 1. The fourth-order valence-electron chi connectivity index (χ4n) is 1.35. The Labute approximate surface area is 104 Å². The molecule has 0 spiro atoms. The van der Waals surface area contributed by atoms with Crippen molar-refractivity contribution in [3.8, 4) is 0 Å². The van der Waals surface area contributed by atoms with Crippen LogP contribution < -0.4 is 5.32 Å². The van der Waals surface area contributed by atoms with Gasteiger partial charge in [-0.25, -0.2) is 0 Å². The summed E-state index contributed by atoms with van der Waals surface area (Å²) in [4.78, 5) is 2.20. The smallest absolute Gasteiger partial charge is 0.0438 e. The van der Waals surface area contributed by atoms with E-state index >= 15 is 0 Å². The standard InChI is InChI=1S/C13H21ClN2/c1-10-5-6-12(7-13(10)14)9-15-8-11(2)16(3)4/h5-7,11,15H,8-9H2,1-4H3. The summed E-state index contributed by atoms with van der Waals surface area (Å²) >= 11 is 6.07. The van der Waals surface area contributed by atoms with E-state index in [0.29, 0.717) is 6.04 Å². The molecular formula is C13H21ClN2. The topological polar surface area (TPSA) is 15.3 Å². The van der Waals surface area contributed by atoms with E-state index in [0.717, 1.165) is 23.7 Å². The van der Waals surface area contributed by atoms with Crippen LogP contribution in [-0.2, 0) is 6.54 Å². The second-order valence-electron chi connectivity index (χ2n) is 4.53. The number of hydrogen-bond acceptors (Lipinski definition) is 2. The van der Waals surface area contributed by atoms with Crippen LogP contribution in [0.25, 0.3) is 0 Å². The Morgan fingerprint density at radius 1 is 1.38 bits per heavy atom. The maximum absolute atomic E-state index is 6.07. The van der Waals surface area contributed by atoms with Crippen molar-refractivity contribution < 1.29 is 0 Å².